The summed E-state index contributed by atoms with van der Waals surface area (Å²) in [5, 5.41) is 0. The van der Waals surface area contributed by atoms with Crippen molar-refractivity contribution in [3.05, 3.63) is 0 Å². The van der Waals surface area contributed by atoms with Crippen LogP contribution in [-0.4, -0.2) is 5.78 Å². The summed E-state index contributed by atoms with van der Waals surface area (Å²) in [7, 11) is 0. The smallest absolute Gasteiger partial charge is 0.136 e. The van der Waals surface area contributed by atoms with Crippen molar-refractivity contribution in [2.45, 2.75) is 40.5 Å². The molecule has 64 valence electrons. The largest absolute Gasteiger partial charge is 0.299 e. The van der Waals surface area contributed by atoms with Crippen molar-refractivity contribution in [3.63, 3.8) is 0 Å². The van der Waals surface area contributed by atoms with Gasteiger partial charge in [0.15, 0.2) is 0 Å². The minimum absolute atomic E-state index is 0.242. The van der Waals surface area contributed by atoms with E-state index in [0.29, 0.717) is 17.6 Å². The molecule has 0 aromatic rings. The Morgan fingerprint density at radius 3 is 2.27 bits per heavy atom. The number of ketones is 1. The predicted octanol–water partition coefficient (Wildman–Crippen LogP) is 2.65. The molecule has 1 rings (SSSR count). The van der Waals surface area contributed by atoms with E-state index in [1.54, 1.807) is 0 Å². The Labute approximate surface area is 69.2 Å². The molecule has 1 nitrogen and oxygen atoms in total. The summed E-state index contributed by atoms with van der Waals surface area (Å²) < 4.78 is 0. The van der Waals surface area contributed by atoms with Crippen LogP contribution in [0.2, 0.25) is 0 Å². The second kappa shape index (κ2) is 2.62. The molecule has 2 unspecified atom stereocenters. The van der Waals surface area contributed by atoms with Crippen LogP contribution in [0.4, 0.5) is 0 Å². The SMILES string of the molecule is CCC1C(=O)CC(C)C1(C)C. The van der Waals surface area contributed by atoms with Crippen LogP contribution in [0.3, 0.4) is 0 Å². The highest BCUT2D eigenvalue weighted by Crippen LogP contribution is 2.46. The highest BCUT2D eigenvalue weighted by molar-refractivity contribution is 5.84. The van der Waals surface area contributed by atoms with Crippen molar-refractivity contribution in [3.8, 4) is 0 Å². The average molecular weight is 154 g/mol. The molecule has 1 heteroatoms. The Bertz CT molecular complexity index is 170. The normalized spacial score (nSPS) is 36.2. The summed E-state index contributed by atoms with van der Waals surface area (Å²) in [6, 6.07) is 0. The summed E-state index contributed by atoms with van der Waals surface area (Å²) in [6.45, 7) is 8.74. The van der Waals surface area contributed by atoms with Crippen LogP contribution >= 0.6 is 0 Å². The lowest BCUT2D eigenvalue weighted by Crippen LogP contribution is -2.25. The topological polar surface area (TPSA) is 17.1 Å². The fourth-order valence-corrected chi connectivity index (χ4v) is 2.22. The first-order valence-electron chi connectivity index (χ1n) is 4.52. The molecule has 1 saturated carbocycles. The highest BCUT2D eigenvalue weighted by atomic mass is 16.1. The molecular formula is C10H18O. The van der Waals surface area contributed by atoms with E-state index in [1.165, 1.54) is 0 Å². The lowest BCUT2D eigenvalue weighted by molar-refractivity contribution is -0.122. The third kappa shape index (κ3) is 1.21. The number of carbonyl (C=O) groups is 1. The maximum atomic E-state index is 11.4. The van der Waals surface area contributed by atoms with Gasteiger partial charge < -0.3 is 0 Å². The van der Waals surface area contributed by atoms with Crippen molar-refractivity contribution in [1.82, 2.24) is 0 Å². The first-order chi connectivity index (χ1) is 5.00. The number of rotatable bonds is 1. The van der Waals surface area contributed by atoms with Gasteiger partial charge in [0.25, 0.3) is 0 Å². The van der Waals surface area contributed by atoms with Gasteiger partial charge in [-0.1, -0.05) is 27.7 Å². The quantitative estimate of drug-likeness (QED) is 0.567. The maximum Gasteiger partial charge on any atom is 0.136 e. The third-order valence-corrected chi connectivity index (χ3v) is 3.47. The van der Waals surface area contributed by atoms with E-state index in [4.69, 9.17) is 0 Å². The van der Waals surface area contributed by atoms with Gasteiger partial charge in [0, 0.05) is 12.3 Å². The zero-order chi connectivity index (χ0) is 8.65. The first-order valence-corrected chi connectivity index (χ1v) is 4.52. The zero-order valence-electron chi connectivity index (χ0n) is 7.98. The third-order valence-electron chi connectivity index (χ3n) is 3.47. The second-order valence-corrected chi connectivity index (χ2v) is 4.35. The molecule has 0 aromatic carbocycles. The van der Waals surface area contributed by atoms with Gasteiger partial charge in [-0.15, -0.1) is 0 Å². The van der Waals surface area contributed by atoms with Crippen LogP contribution < -0.4 is 0 Å². The lowest BCUT2D eigenvalue weighted by atomic mass is 9.75. The molecular weight excluding hydrogens is 136 g/mol. The molecule has 2 atom stereocenters. The van der Waals surface area contributed by atoms with Crippen LogP contribution in [0.1, 0.15) is 40.5 Å². The van der Waals surface area contributed by atoms with Gasteiger partial charge in [0.1, 0.15) is 5.78 Å². The fraction of sp³-hybridized carbons (Fsp3) is 0.900. The molecule has 0 N–H and O–H groups in total. The number of Topliss-reactive ketones (excluding diaryl/α,β-unsaturated/α-hetero) is 1. The Morgan fingerprint density at radius 2 is 2.09 bits per heavy atom. The maximum absolute atomic E-state index is 11.4. The fourth-order valence-electron chi connectivity index (χ4n) is 2.22. The second-order valence-electron chi connectivity index (χ2n) is 4.35. The van der Waals surface area contributed by atoms with Crippen LogP contribution in [0, 0.1) is 17.3 Å². The Kier molecular flexibility index (Phi) is 2.08. The molecule has 11 heavy (non-hydrogen) atoms. The molecule has 0 heterocycles. The summed E-state index contributed by atoms with van der Waals surface area (Å²) in [6.07, 6.45) is 1.81. The van der Waals surface area contributed by atoms with Crippen LogP contribution in [0.5, 0.6) is 0 Å². The van der Waals surface area contributed by atoms with Crippen molar-refractivity contribution >= 4 is 5.78 Å². The molecule has 1 aliphatic carbocycles. The minimum Gasteiger partial charge on any atom is -0.299 e. The van der Waals surface area contributed by atoms with E-state index in [-0.39, 0.29) is 5.41 Å². The molecule has 0 saturated heterocycles. The van der Waals surface area contributed by atoms with E-state index in [1.807, 2.05) is 0 Å². The van der Waals surface area contributed by atoms with E-state index >= 15 is 0 Å². The number of hydrogen-bond acceptors (Lipinski definition) is 1. The summed E-state index contributed by atoms with van der Waals surface area (Å²) in [5.74, 6) is 1.36. The monoisotopic (exact) mass is 154 g/mol. The van der Waals surface area contributed by atoms with Crippen molar-refractivity contribution in [1.29, 1.82) is 0 Å². The standard InChI is InChI=1S/C10H18O/c1-5-8-9(11)6-7(2)10(8,3)4/h7-8H,5-6H2,1-4H3. The summed E-state index contributed by atoms with van der Waals surface area (Å²) >= 11 is 0. The molecule has 0 radical (unpaired) electrons. The zero-order valence-corrected chi connectivity index (χ0v) is 7.98. The number of hydrogen-bond donors (Lipinski definition) is 0. The minimum atomic E-state index is 0.242. The van der Waals surface area contributed by atoms with Gasteiger partial charge in [-0.05, 0) is 17.8 Å². The van der Waals surface area contributed by atoms with Crippen LogP contribution in [-0.2, 0) is 4.79 Å². The predicted molar refractivity (Wildman–Crippen MR) is 46.4 cm³/mol. The average Bonchev–Trinajstić information content (AvgIpc) is 2.04. The lowest BCUT2D eigenvalue weighted by Gasteiger charge is -2.28. The number of carbonyl (C=O) groups excluding carboxylic acids is 1. The van der Waals surface area contributed by atoms with E-state index in [0.717, 1.165) is 12.8 Å². The molecule has 1 fully saturated rings. The molecule has 0 spiro atoms. The van der Waals surface area contributed by atoms with E-state index < -0.39 is 0 Å². The van der Waals surface area contributed by atoms with E-state index in [9.17, 15) is 4.79 Å². The molecule has 0 aliphatic heterocycles. The molecule has 0 amide bonds. The van der Waals surface area contributed by atoms with Crippen molar-refractivity contribution < 1.29 is 4.79 Å². The summed E-state index contributed by atoms with van der Waals surface area (Å²) in [5.41, 5.74) is 0.242. The molecule has 0 bridgehead atoms. The molecule has 0 aromatic heterocycles. The highest BCUT2D eigenvalue weighted by Gasteiger charge is 2.44. The first kappa shape index (κ1) is 8.76. The van der Waals surface area contributed by atoms with Gasteiger partial charge in [-0.3, -0.25) is 4.79 Å². The van der Waals surface area contributed by atoms with Gasteiger partial charge in [-0.25, -0.2) is 0 Å². The van der Waals surface area contributed by atoms with Crippen molar-refractivity contribution in [2.24, 2.45) is 17.3 Å². The Morgan fingerprint density at radius 1 is 1.55 bits per heavy atom. The summed E-state index contributed by atoms with van der Waals surface area (Å²) in [4.78, 5) is 11.4. The van der Waals surface area contributed by atoms with Crippen LogP contribution in [0.15, 0.2) is 0 Å². The van der Waals surface area contributed by atoms with E-state index in [2.05, 4.69) is 27.7 Å². The van der Waals surface area contributed by atoms with Crippen molar-refractivity contribution in [2.75, 3.05) is 0 Å². The van der Waals surface area contributed by atoms with Gasteiger partial charge in [0.2, 0.25) is 0 Å². The van der Waals surface area contributed by atoms with Gasteiger partial charge in [-0.2, -0.15) is 0 Å². The Hall–Kier alpha value is -0.330. The Balaban J connectivity index is 2.84. The molecule has 1 aliphatic rings. The van der Waals surface area contributed by atoms with Crippen LogP contribution in [0.25, 0.3) is 0 Å². The van der Waals surface area contributed by atoms with Gasteiger partial charge in [0.05, 0.1) is 0 Å². The van der Waals surface area contributed by atoms with Gasteiger partial charge >= 0.3 is 0 Å².